The molecule has 0 fully saturated rings. The van der Waals surface area contributed by atoms with Gasteiger partial charge in [-0.1, -0.05) is 36.4 Å². The fourth-order valence-corrected chi connectivity index (χ4v) is 2.92. The molecule has 2 aromatic carbocycles. The number of hydrogen-bond acceptors (Lipinski definition) is 4. The first-order chi connectivity index (χ1) is 10.2. The van der Waals surface area contributed by atoms with Crippen LogP contribution in [0.1, 0.15) is 23.0 Å². The Morgan fingerprint density at radius 3 is 2.05 bits per heavy atom. The minimum atomic E-state index is -0.412. The minimum absolute atomic E-state index is 0.160. The predicted octanol–water partition coefficient (Wildman–Crippen LogP) is 2.93. The molecule has 5 nitrogen and oxygen atoms in total. The number of hydrogen-bond donors (Lipinski definition) is 1. The smallest absolute Gasteiger partial charge is 0.211 e. The summed E-state index contributed by atoms with van der Waals surface area (Å²) in [4.78, 5) is 10.7. The number of rotatable bonds is 3. The van der Waals surface area contributed by atoms with Crippen LogP contribution in [0.25, 0.3) is 0 Å². The first-order valence-corrected chi connectivity index (χ1v) is 6.79. The number of ether oxygens (including phenoxy) is 1. The van der Waals surface area contributed by atoms with Crippen molar-refractivity contribution in [2.24, 2.45) is 0 Å². The van der Waals surface area contributed by atoms with E-state index in [9.17, 15) is 15.2 Å². The van der Waals surface area contributed by atoms with Crippen molar-refractivity contribution in [2.75, 3.05) is 13.2 Å². The lowest BCUT2D eigenvalue weighted by molar-refractivity contribution is -0.484. The van der Waals surface area contributed by atoms with Crippen LogP contribution in [0.4, 0.5) is 0 Å². The van der Waals surface area contributed by atoms with Gasteiger partial charge in [0, 0.05) is 22.0 Å². The predicted molar refractivity (Wildman–Crippen MR) is 77.4 cm³/mol. The summed E-state index contributed by atoms with van der Waals surface area (Å²) in [5, 5.41) is 20.8. The molecule has 0 amide bonds. The Morgan fingerprint density at radius 2 is 1.52 bits per heavy atom. The van der Waals surface area contributed by atoms with Crippen LogP contribution in [0.15, 0.2) is 48.5 Å². The Labute approximate surface area is 122 Å². The van der Waals surface area contributed by atoms with E-state index in [0.717, 1.165) is 11.1 Å². The molecule has 1 N–H and O–H groups in total. The fourth-order valence-electron chi connectivity index (χ4n) is 2.92. The summed E-state index contributed by atoms with van der Waals surface area (Å²) in [5.41, 5.74) is 1.58. The standard InChI is InChI=1S/C16H15NO4/c18-10-14-12-6-2-4-8-16(12)21-15-7-3-1-5-11(15)13(14)9-17(19)20/h1-8,13-14,18H,9-10H2/t13-,14-/m0/s1. The van der Waals surface area contributed by atoms with Crippen molar-refractivity contribution in [1.29, 1.82) is 0 Å². The van der Waals surface area contributed by atoms with Crippen LogP contribution in [0.5, 0.6) is 11.5 Å². The molecule has 0 unspecified atom stereocenters. The van der Waals surface area contributed by atoms with Gasteiger partial charge in [-0.15, -0.1) is 0 Å². The first kappa shape index (κ1) is 13.6. The molecule has 2 atom stereocenters. The second-order valence-electron chi connectivity index (χ2n) is 5.09. The maximum Gasteiger partial charge on any atom is 0.211 e. The quantitative estimate of drug-likeness (QED) is 0.695. The Bertz CT molecular complexity index is 671. The van der Waals surface area contributed by atoms with Gasteiger partial charge in [0.25, 0.3) is 0 Å². The van der Waals surface area contributed by atoms with Crippen LogP contribution in [-0.4, -0.2) is 23.2 Å². The van der Waals surface area contributed by atoms with Crippen LogP contribution in [0, 0.1) is 10.1 Å². The van der Waals surface area contributed by atoms with E-state index < -0.39 is 5.92 Å². The molecule has 21 heavy (non-hydrogen) atoms. The lowest BCUT2D eigenvalue weighted by Gasteiger charge is -2.21. The topological polar surface area (TPSA) is 72.6 Å². The van der Waals surface area contributed by atoms with Crippen LogP contribution < -0.4 is 4.74 Å². The van der Waals surface area contributed by atoms with E-state index in [1.807, 2.05) is 42.5 Å². The average Bonchev–Trinajstić information content (AvgIpc) is 2.61. The molecule has 0 radical (unpaired) electrons. The van der Waals surface area contributed by atoms with Crippen LogP contribution >= 0.6 is 0 Å². The summed E-state index contributed by atoms with van der Waals surface area (Å²) in [5.74, 6) is 0.502. The Kier molecular flexibility index (Phi) is 3.58. The summed E-state index contributed by atoms with van der Waals surface area (Å²) >= 11 is 0. The molecule has 0 saturated heterocycles. The first-order valence-electron chi connectivity index (χ1n) is 6.79. The Morgan fingerprint density at radius 1 is 1.00 bits per heavy atom. The van der Waals surface area contributed by atoms with Gasteiger partial charge < -0.3 is 9.84 Å². The molecule has 0 aromatic heterocycles. The zero-order valence-corrected chi connectivity index (χ0v) is 11.3. The number of fused-ring (bicyclic) bond motifs is 2. The van der Waals surface area contributed by atoms with Crippen molar-refractivity contribution in [2.45, 2.75) is 11.8 Å². The number of para-hydroxylation sites is 2. The van der Waals surface area contributed by atoms with Gasteiger partial charge in [0.15, 0.2) is 0 Å². The zero-order chi connectivity index (χ0) is 14.8. The van der Waals surface area contributed by atoms with Crippen LogP contribution in [0.2, 0.25) is 0 Å². The lowest BCUT2D eigenvalue weighted by atomic mass is 9.82. The molecule has 1 aliphatic heterocycles. The van der Waals surface area contributed by atoms with E-state index in [4.69, 9.17) is 4.74 Å². The molecule has 0 spiro atoms. The van der Waals surface area contributed by atoms with E-state index in [0.29, 0.717) is 11.5 Å². The van der Waals surface area contributed by atoms with E-state index in [2.05, 4.69) is 0 Å². The Hall–Kier alpha value is -2.40. The molecule has 0 saturated carbocycles. The third-order valence-electron chi connectivity index (χ3n) is 3.89. The highest BCUT2D eigenvalue weighted by atomic mass is 16.6. The van der Waals surface area contributed by atoms with Gasteiger partial charge in [0.05, 0.1) is 12.5 Å². The summed E-state index contributed by atoms with van der Waals surface area (Å²) in [6.45, 7) is -0.396. The van der Waals surface area contributed by atoms with Gasteiger partial charge in [-0.05, 0) is 12.1 Å². The van der Waals surface area contributed by atoms with Crippen molar-refractivity contribution >= 4 is 0 Å². The van der Waals surface area contributed by atoms with Crippen molar-refractivity contribution < 1.29 is 14.8 Å². The molecule has 3 rings (SSSR count). The van der Waals surface area contributed by atoms with E-state index >= 15 is 0 Å². The third-order valence-corrected chi connectivity index (χ3v) is 3.89. The summed E-state index contributed by atoms with van der Waals surface area (Å²) in [7, 11) is 0. The molecule has 0 aliphatic carbocycles. The highest BCUT2D eigenvalue weighted by Gasteiger charge is 2.35. The maximum atomic E-state index is 11.0. The molecule has 108 valence electrons. The molecule has 1 heterocycles. The highest BCUT2D eigenvalue weighted by molar-refractivity contribution is 5.49. The van der Waals surface area contributed by atoms with Crippen LogP contribution in [-0.2, 0) is 0 Å². The van der Waals surface area contributed by atoms with Gasteiger partial charge in [0.1, 0.15) is 11.5 Å². The van der Waals surface area contributed by atoms with Gasteiger partial charge in [-0.25, -0.2) is 0 Å². The monoisotopic (exact) mass is 285 g/mol. The minimum Gasteiger partial charge on any atom is -0.457 e. The number of benzene rings is 2. The largest absolute Gasteiger partial charge is 0.457 e. The number of nitro groups is 1. The molecule has 1 aliphatic rings. The van der Waals surface area contributed by atoms with Crippen LogP contribution in [0.3, 0.4) is 0 Å². The lowest BCUT2D eigenvalue weighted by Crippen LogP contribution is -2.21. The van der Waals surface area contributed by atoms with E-state index in [1.54, 1.807) is 6.07 Å². The van der Waals surface area contributed by atoms with Crippen molar-refractivity contribution in [1.82, 2.24) is 0 Å². The second-order valence-corrected chi connectivity index (χ2v) is 5.09. The molecular weight excluding hydrogens is 270 g/mol. The Balaban J connectivity index is 2.18. The zero-order valence-electron chi connectivity index (χ0n) is 11.3. The van der Waals surface area contributed by atoms with Crippen molar-refractivity contribution in [3.8, 4) is 11.5 Å². The molecule has 2 aromatic rings. The second kappa shape index (κ2) is 5.54. The number of nitrogens with zero attached hydrogens (tertiary/aromatic N) is 1. The molecule has 0 bridgehead atoms. The summed E-state index contributed by atoms with van der Waals surface area (Å²) in [6.07, 6.45) is 0. The third kappa shape index (κ3) is 2.48. The van der Waals surface area contributed by atoms with Gasteiger partial charge in [-0.2, -0.15) is 0 Å². The normalized spacial score (nSPS) is 19.9. The van der Waals surface area contributed by atoms with Gasteiger partial charge in [0.2, 0.25) is 6.54 Å². The highest BCUT2D eigenvalue weighted by Crippen LogP contribution is 2.45. The van der Waals surface area contributed by atoms with E-state index in [1.165, 1.54) is 0 Å². The van der Waals surface area contributed by atoms with Gasteiger partial charge >= 0.3 is 0 Å². The molecular formula is C16H15NO4. The number of aliphatic hydroxyl groups is 1. The van der Waals surface area contributed by atoms with Crippen molar-refractivity contribution in [3.63, 3.8) is 0 Å². The number of aliphatic hydroxyl groups excluding tert-OH is 1. The SMILES string of the molecule is O=[N+]([O-])C[C@H]1c2ccccc2Oc2ccccc2[C@@H]1CO. The van der Waals surface area contributed by atoms with Gasteiger partial charge in [-0.3, -0.25) is 10.1 Å². The van der Waals surface area contributed by atoms with E-state index in [-0.39, 0.29) is 24.0 Å². The average molecular weight is 285 g/mol. The van der Waals surface area contributed by atoms with Crippen molar-refractivity contribution in [3.05, 3.63) is 69.8 Å². The summed E-state index contributed by atoms with van der Waals surface area (Å²) in [6, 6.07) is 14.7. The molecule has 5 heteroatoms. The summed E-state index contributed by atoms with van der Waals surface area (Å²) < 4.78 is 5.91. The maximum absolute atomic E-state index is 11.0. The fraction of sp³-hybridized carbons (Fsp3) is 0.250.